The fourth-order valence-electron chi connectivity index (χ4n) is 5.27. The normalized spacial score (nSPS) is 18.6. The van der Waals surface area contributed by atoms with E-state index in [1.807, 2.05) is 30.0 Å². The topological polar surface area (TPSA) is 98.7 Å². The second-order valence-corrected chi connectivity index (χ2v) is 11.9. The molecule has 3 aromatic rings. The summed E-state index contributed by atoms with van der Waals surface area (Å²) in [6.07, 6.45) is 4.73. The molecular formula is C27H33ClN6O3S. The number of carbonyl (C=O) groups is 1. The van der Waals surface area contributed by atoms with Crippen LogP contribution in [0.4, 0.5) is 17.2 Å². The maximum atomic E-state index is 13.6. The zero-order chi connectivity index (χ0) is 26.9. The van der Waals surface area contributed by atoms with Crippen LogP contribution in [-0.2, 0) is 21.2 Å². The Kier molecular flexibility index (Phi) is 7.45. The Morgan fingerprint density at radius 2 is 1.92 bits per heavy atom. The number of rotatable bonds is 6. The zero-order valence-corrected chi connectivity index (χ0v) is 23.0. The van der Waals surface area contributed by atoms with Crippen LogP contribution in [0.5, 0.6) is 0 Å². The summed E-state index contributed by atoms with van der Waals surface area (Å²) in [7, 11) is -3.76. The molecule has 0 bridgehead atoms. The average Bonchev–Trinajstić information content (AvgIpc) is 2.92. The molecule has 2 aliphatic rings. The van der Waals surface area contributed by atoms with Crippen LogP contribution in [0.2, 0.25) is 5.02 Å². The lowest BCUT2D eigenvalue weighted by Crippen LogP contribution is -2.58. The largest absolute Gasteiger partial charge is 0.368 e. The number of piperazine rings is 1. The van der Waals surface area contributed by atoms with E-state index in [0.29, 0.717) is 19.6 Å². The quantitative estimate of drug-likeness (QED) is 0.489. The Morgan fingerprint density at radius 3 is 2.63 bits per heavy atom. The van der Waals surface area contributed by atoms with Gasteiger partial charge in [-0.25, -0.2) is 18.4 Å². The summed E-state index contributed by atoms with van der Waals surface area (Å²) in [4.78, 5) is 27.8. The molecule has 1 fully saturated rings. The summed E-state index contributed by atoms with van der Waals surface area (Å²) < 4.78 is 27.9. The number of halogens is 1. The van der Waals surface area contributed by atoms with Gasteiger partial charge in [-0.3, -0.25) is 9.52 Å². The van der Waals surface area contributed by atoms with E-state index in [9.17, 15) is 13.2 Å². The van der Waals surface area contributed by atoms with E-state index < -0.39 is 10.0 Å². The first kappa shape index (κ1) is 26.2. The molecule has 9 nitrogen and oxygen atoms in total. The van der Waals surface area contributed by atoms with Crippen LogP contribution >= 0.6 is 11.6 Å². The van der Waals surface area contributed by atoms with Crippen molar-refractivity contribution in [1.29, 1.82) is 0 Å². The molecule has 0 spiro atoms. The lowest BCUT2D eigenvalue weighted by molar-refractivity contribution is -0.134. The highest BCUT2D eigenvalue weighted by Crippen LogP contribution is 2.32. The third-order valence-electron chi connectivity index (χ3n) is 7.26. The second-order valence-electron chi connectivity index (χ2n) is 9.77. The number of benzene rings is 2. The molecule has 1 amide bonds. The third-order valence-corrected chi connectivity index (χ3v) is 8.87. The van der Waals surface area contributed by atoms with Crippen LogP contribution in [-0.4, -0.2) is 67.5 Å². The number of hydrogen-bond acceptors (Lipinski definition) is 7. The number of fused-ring (bicyclic) bond motifs is 1. The number of sulfonamides is 1. The predicted molar refractivity (Wildman–Crippen MR) is 151 cm³/mol. The highest BCUT2D eigenvalue weighted by molar-refractivity contribution is 7.92. The molecule has 0 aliphatic carbocycles. The van der Waals surface area contributed by atoms with E-state index in [2.05, 4.69) is 31.4 Å². The standard InChI is InChI=1S/C27H31ClN6O3S.H2/c1-19-17-32(23-6-8-24(9-7-23)38(36,37)31-26-11-12-29-18-30-26)14-15-33(19)27(35)20(2)34-13-3-4-21-16-22(28)5-10-25(21)34;/h5-12,16,18-20H,3-4,13-15,17H2,1-2H3,(H,29,30,31);1H/t19-,20?;/m1./s1. The minimum Gasteiger partial charge on any atom is -0.368 e. The highest BCUT2D eigenvalue weighted by atomic mass is 35.5. The molecule has 5 rings (SSSR count). The summed E-state index contributed by atoms with van der Waals surface area (Å²) in [5, 5.41) is 0.724. The van der Waals surface area contributed by atoms with E-state index in [-0.39, 0.29) is 30.1 Å². The molecule has 202 valence electrons. The fraction of sp³-hybridized carbons (Fsp3) is 0.370. The van der Waals surface area contributed by atoms with Gasteiger partial charge < -0.3 is 14.7 Å². The van der Waals surface area contributed by atoms with Crippen molar-refractivity contribution in [3.63, 3.8) is 0 Å². The van der Waals surface area contributed by atoms with Gasteiger partial charge in [0.1, 0.15) is 18.2 Å². The smallest absolute Gasteiger partial charge is 0.263 e. The Labute approximate surface area is 230 Å². The Balaban J connectivity index is 0.00000353. The third kappa shape index (κ3) is 5.42. The van der Waals surface area contributed by atoms with Gasteiger partial charge in [-0.05, 0) is 80.8 Å². The van der Waals surface area contributed by atoms with Crippen LogP contribution in [0.1, 0.15) is 27.3 Å². The van der Waals surface area contributed by atoms with E-state index in [1.54, 1.807) is 24.3 Å². The minimum absolute atomic E-state index is 0. The minimum atomic E-state index is -3.76. The molecule has 1 N–H and O–H groups in total. The monoisotopic (exact) mass is 556 g/mol. The molecule has 1 unspecified atom stereocenters. The summed E-state index contributed by atoms with van der Waals surface area (Å²) >= 11 is 6.20. The van der Waals surface area contributed by atoms with Crippen molar-refractivity contribution in [2.75, 3.05) is 40.7 Å². The lowest BCUT2D eigenvalue weighted by atomic mass is 9.99. The molecule has 38 heavy (non-hydrogen) atoms. The van der Waals surface area contributed by atoms with Crippen LogP contribution < -0.4 is 14.5 Å². The van der Waals surface area contributed by atoms with Crippen LogP contribution in [0.3, 0.4) is 0 Å². The van der Waals surface area contributed by atoms with Gasteiger partial charge in [0.15, 0.2) is 0 Å². The van der Waals surface area contributed by atoms with Crippen molar-refractivity contribution in [3.8, 4) is 0 Å². The van der Waals surface area contributed by atoms with Gasteiger partial charge in [0.2, 0.25) is 5.91 Å². The Bertz CT molecular complexity index is 1410. The Hall–Kier alpha value is -3.37. The van der Waals surface area contributed by atoms with Crippen molar-refractivity contribution in [2.24, 2.45) is 0 Å². The fourth-order valence-corrected chi connectivity index (χ4v) is 6.48. The number of nitrogens with one attached hydrogen (secondary N) is 1. The molecule has 0 saturated carbocycles. The summed E-state index contributed by atoms with van der Waals surface area (Å²) in [6, 6.07) is 13.9. The van der Waals surface area contributed by atoms with Gasteiger partial charge in [-0.2, -0.15) is 0 Å². The first-order valence-corrected chi connectivity index (χ1v) is 14.6. The summed E-state index contributed by atoms with van der Waals surface area (Å²) in [6.45, 7) is 6.82. The zero-order valence-electron chi connectivity index (χ0n) is 21.4. The molecular weight excluding hydrogens is 524 g/mol. The van der Waals surface area contributed by atoms with E-state index >= 15 is 0 Å². The van der Waals surface area contributed by atoms with E-state index in [4.69, 9.17) is 11.6 Å². The highest BCUT2D eigenvalue weighted by Gasteiger charge is 2.34. The maximum Gasteiger partial charge on any atom is 0.263 e. The number of aryl methyl sites for hydroxylation is 1. The number of anilines is 3. The average molecular weight is 557 g/mol. The van der Waals surface area contributed by atoms with Gasteiger partial charge in [-0.15, -0.1) is 0 Å². The van der Waals surface area contributed by atoms with Crippen molar-refractivity contribution in [3.05, 3.63) is 71.6 Å². The number of carbonyl (C=O) groups excluding carboxylic acids is 1. The van der Waals surface area contributed by atoms with Crippen molar-refractivity contribution in [1.82, 2.24) is 14.9 Å². The first-order valence-electron chi connectivity index (χ1n) is 12.7. The molecule has 3 heterocycles. The Morgan fingerprint density at radius 1 is 1.13 bits per heavy atom. The summed E-state index contributed by atoms with van der Waals surface area (Å²) in [5.74, 6) is 0.335. The number of amides is 1. The van der Waals surface area contributed by atoms with Crippen LogP contribution in [0.25, 0.3) is 0 Å². The molecule has 11 heteroatoms. The summed E-state index contributed by atoms with van der Waals surface area (Å²) in [5.41, 5.74) is 3.20. The van der Waals surface area contributed by atoms with Crippen LogP contribution in [0, 0.1) is 0 Å². The predicted octanol–water partition coefficient (Wildman–Crippen LogP) is 4.06. The molecule has 2 aromatic carbocycles. The molecule has 0 radical (unpaired) electrons. The number of hydrogen-bond donors (Lipinski definition) is 1. The molecule has 2 atom stereocenters. The van der Waals surface area contributed by atoms with Gasteiger partial charge >= 0.3 is 0 Å². The maximum absolute atomic E-state index is 13.6. The van der Waals surface area contributed by atoms with E-state index in [1.165, 1.54) is 24.2 Å². The van der Waals surface area contributed by atoms with Gasteiger partial charge in [0.05, 0.1) is 4.90 Å². The van der Waals surface area contributed by atoms with Crippen molar-refractivity contribution < 1.29 is 14.6 Å². The van der Waals surface area contributed by atoms with Crippen LogP contribution in [0.15, 0.2) is 66.0 Å². The lowest BCUT2D eigenvalue weighted by Gasteiger charge is -2.44. The van der Waals surface area contributed by atoms with Gasteiger partial charge in [0.25, 0.3) is 10.0 Å². The van der Waals surface area contributed by atoms with Crippen molar-refractivity contribution >= 4 is 44.7 Å². The molecule has 1 aromatic heterocycles. The van der Waals surface area contributed by atoms with Crippen molar-refractivity contribution in [2.45, 2.75) is 43.7 Å². The first-order chi connectivity index (χ1) is 18.2. The van der Waals surface area contributed by atoms with Gasteiger partial charge in [-0.1, -0.05) is 11.6 Å². The SMILES string of the molecule is CC(C(=O)N1CCN(c2ccc(S(=O)(=O)Nc3ccncn3)cc2)C[C@H]1C)N1CCCc2cc(Cl)ccc21.[HH]. The number of aromatic nitrogens is 2. The second kappa shape index (κ2) is 10.8. The van der Waals surface area contributed by atoms with Gasteiger partial charge in [0, 0.05) is 56.2 Å². The molecule has 1 saturated heterocycles. The molecule has 2 aliphatic heterocycles. The van der Waals surface area contributed by atoms with E-state index in [0.717, 1.165) is 35.8 Å². The number of nitrogens with zero attached hydrogens (tertiary/aromatic N) is 5.